The summed E-state index contributed by atoms with van der Waals surface area (Å²) in [6, 6.07) is 6.21. The molecule has 0 saturated heterocycles. The van der Waals surface area contributed by atoms with Crippen LogP contribution >= 0.6 is 0 Å². The van der Waals surface area contributed by atoms with Gasteiger partial charge in [-0.2, -0.15) is 8.78 Å². The lowest BCUT2D eigenvalue weighted by Crippen LogP contribution is -2.36. The molecule has 0 aliphatic rings. The first kappa shape index (κ1) is 21.3. The van der Waals surface area contributed by atoms with Gasteiger partial charge in [0, 0.05) is 18.0 Å². The van der Waals surface area contributed by atoms with Crippen molar-refractivity contribution >= 4 is 16.9 Å². The van der Waals surface area contributed by atoms with Gasteiger partial charge < -0.3 is 14.5 Å². The predicted molar refractivity (Wildman–Crippen MR) is 95.4 cm³/mol. The second-order valence-corrected chi connectivity index (χ2v) is 6.47. The molecule has 0 saturated carbocycles. The highest BCUT2D eigenvalue weighted by Gasteiger charge is 2.29. The summed E-state index contributed by atoms with van der Waals surface area (Å²) in [6.45, 7) is 2.71. The smallest absolute Gasteiger partial charge is 0.336 e. The molecule has 1 N–H and O–H groups in total. The van der Waals surface area contributed by atoms with E-state index in [1.165, 1.54) is 0 Å². The molecule has 30 heavy (non-hydrogen) atoms. The van der Waals surface area contributed by atoms with Gasteiger partial charge in [-0.1, -0.05) is 11.6 Å². The minimum Gasteiger partial charge on any atom is -0.475 e. The van der Waals surface area contributed by atoms with E-state index in [0.717, 1.165) is 18.6 Å². The molecule has 0 fully saturated rings. The van der Waals surface area contributed by atoms with E-state index in [-0.39, 0.29) is 6.54 Å². The summed E-state index contributed by atoms with van der Waals surface area (Å²) in [7, 11) is 0. The molecule has 3 rings (SSSR count). The molecule has 0 aliphatic heterocycles. The van der Waals surface area contributed by atoms with Crippen LogP contribution < -0.4 is 15.7 Å². The normalized spacial score (nSPS) is 12.1. The van der Waals surface area contributed by atoms with E-state index in [0.29, 0.717) is 16.5 Å². The Morgan fingerprint density at radius 3 is 2.27 bits per heavy atom. The Labute approximate surface area is 166 Å². The van der Waals surface area contributed by atoms with Crippen LogP contribution in [0.1, 0.15) is 18.1 Å². The third-order valence-electron chi connectivity index (χ3n) is 4.27. The van der Waals surface area contributed by atoms with E-state index in [2.05, 4.69) is 10.1 Å². The monoisotopic (exact) mass is 427 g/mol. The molecule has 0 radical (unpaired) electrons. The van der Waals surface area contributed by atoms with Crippen molar-refractivity contribution in [2.45, 2.75) is 26.5 Å². The largest absolute Gasteiger partial charge is 0.475 e. The fourth-order valence-corrected chi connectivity index (χ4v) is 2.73. The van der Waals surface area contributed by atoms with Gasteiger partial charge >= 0.3 is 5.63 Å². The van der Waals surface area contributed by atoms with Crippen molar-refractivity contribution in [3.8, 4) is 5.75 Å². The molecule has 10 heteroatoms. The van der Waals surface area contributed by atoms with Crippen LogP contribution in [-0.2, 0) is 11.3 Å². The van der Waals surface area contributed by atoms with Crippen LogP contribution in [0.25, 0.3) is 11.0 Å². The van der Waals surface area contributed by atoms with Gasteiger partial charge in [0.25, 0.3) is 5.91 Å². The summed E-state index contributed by atoms with van der Waals surface area (Å²) in [5.74, 6) is -13.5. The van der Waals surface area contributed by atoms with Crippen molar-refractivity contribution in [3.63, 3.8) is 0 Å². The van der Waals surface area contributed by atoms with E-state index >= 15 is 0 Å². The van der Waals surface area contributed by atoms with Crippen LogP contribution in [-0.4, -0.2) is 12.0 Å². The van der Waals surface area contributed by atoms with Gasteiger partial charge in [0.1, 0.15) is 5.58 Å². The third-order valence-corrected chi connectivity index (χ3v) is 4.27. The second kappa shape index (κ2) is 8.13. The zero-order chi connectivity index (χ0) is 22.2. The third kappa shape index (κ3) is 3.98. The van der Waals surface area contributed by atoms with Gasteiger partial charge in [0.2, 0.25) is 29.1 Å². The molecule has 3 aromatic rings. The number of hydrogen-bond acceptors (Lipinski definition) is 4. The first-order valence-corrected chi connectivity index (χ1v) is 8.59. The lowest BCUT2D eigenvalue weighted by Gasteiger charge is -2.16. The average molecular weight is 427 g/mol. The fourth-order valence-electron chi connectivity index (χ4n) is 2.73. The van der Waals surface area contributed by atoms with Crippen molar-refractivity contribution in [2.75, 3.05) is 0 Å². The Balaban J connectivity index is 1.79. The lowest BCUT2D eigenvalue weighted by atomic mass is 10.1. The average Bonchev–Trinajstić information content (AvgIpc) is 2.72. The maximum Gasteiger partial charge on any atom is 0.336 e. The molecule has 0 spiro atoms. The standard InChI is InChI=1S/C20H14F5NO4/c1-8-3-4-12-11(5-8)10(6-13(27)30-12)7-26-20(28)9(2)29-19-17(24)15(22)14(21)16(23)18(19)25/h3-6,9H,7H2,1-2H3,(H,26,28). The van der Waals surface area contributed by atoms with Gasteiger partial charge in [-0.3, -0.25) is 4.79 Å². The van der Waals surface area contributed by atoms with Gasteiger partial charge in [-0.15, -0.1) is 0 Å². The Kier molecular flexibility index (Phi) is 5.77. The van der Waals surface area contributed by atoms with Gasteiger partial charge in [-0.05, 0) is 31.5 Å². The quantitative estimate of drug-likeness (QED) is 0.291. The van der Waals surface area contributed by atoms with Crippen LogP contribution in [0.2, 0.25) is 0 Å². The summed E-state index contributed by atoms with van der Waals surface area (Å²) in [5, 5.41) is 2.94. The van der Waals surface area contributed by atoms with Crippen LogP contribution in [0.15, 0.2) is 33.5 Å². The predicted octanol–water partition coefficient (Wildman–Crippen LogP) is 3.88. The van der Waals surface area contributed by atoms with Crippen LogP contribution in [0.4, 0.5) is 22.0 Å². The minimum atomic E-state index is -2.33. The molecule has 5 nitrogen and oxygen atoms in total. The zero-order valence-electron chi connectivity index (χ0n) is 15.6. The molecule has 1 heterocycles. The Hall–Kier alpha value is -3.43. The number of ether oxygens (including phenoxy) is 1. The van der Waals surface area contributed by atoms with E-state index in [1.807, 2.05) is 6.92 Å². The van der Waals surface area contributed by atoms with E-state index in [1.54, 1.807) is 18.2 Å². The lowest BCUT2D eigenvalue weighted by molar-refractivity contribution is -0.127. The number of halogens is 5. The second-order valence-electron chi connectivity index (χ2n) is 6.47. The maximum atomic E-state index is 13.7. The summed E-state index contributed by atoms with van der Waals surface area (Å²) >= 11 is 0. The number of nitrogens with one attached hydrogen (secondary N) is 1. The van der Waals surface area contributed by atoms with Gasteiger partial charge in [-0.25, -0.2) is 18.0 Å². The number of fused-ring (bicyclic) bond motifs is 1. The van der Waals surface area contributed by atoms with Gasteiger partial charge in [0.15, 0.2) is 11.9 Å². The number of benzene rings is 2. The number of rotatable bonds is 5. The van der Waals surface area contributed by atoms with E-state index in [4.69, 9.17) is 4.42 Å². The van der Waals surface area contributed by atoms with Crippen molar-refractivity contribution in [1.29, 1.82) is 0 Å². The van der Waals surface area contributed by atoms with Crippen LogP contribution in [0.3, 0.4) is 0 Å². The van der Waals surface area contributed by atoms with Crippen molar-refractivity contribution in [2.24, 2.45) is 0 Å². The SMILES string of the molecule is Cc1ccc2oc(=O)cc(CNC(=O)C(C)Oc3c(F)c(F)c(F)c(F)c3F)c2c1. The minimum absolute atomic E-state index is 0.171. The molecular formula is C20H14F5NO4. The summed E-state index contributed by atoms with van der Waals surface area (Å²) < 4.78 is 76.8. The molecule has 1 unspecified atom stereocenters. The summed E-state index contributed by atoms with van der Waals surface area (Å²) in [5.41, 5.74) is 0.915. The van der Waals surface area contributed by atoms with Crippen LogP contribution in [0.5, 0.6) is 5.75 Å². The molecular weight excluding hydrogens is 413 g/mol. The highest BCUT2D eigenvalue weighted by molar-refractivity contribution is 5.83. The topological polar surface area (TPSA) is 68.5 Å². The number of aryl methyl sites for hydroxylation is 1. The highest BCUT2D eigenvalue weighted by atomic mass is 19.2. The molecule has 0 aliphatic carbocycles. The van der Waals surface area contributed by atoms with E-state index < -0.39 is 52.5 Å². The first-order valence-electron chi connectivity index (χ1n) is 8.59. The Morgan fingerprint density at radius 2 is 1.63 bits per heavy atom. The number of carbonyl (C=O) groups excluding carboxylic acids is 1. The van der Waals surface area contributed by atoms with Crippen molar-refractivity contribution in [1.82, 2.24) is 5.32 Å². The first-order chi connectivity index (χ1) is 14.1. The Morgan fingerprint density at radius 1 is 1.03 bits per heavy atom. The summed E-state index contributed by atoms with van der Waals surface area (Å²) in [6.07, 6.45) is -1.61. The van der Waals surface area contributed by atoms with Gasteiger partial charge in [0.05, 0.1) is 0 Å². The molecule has 2 aromatic carbocycles. The molecule has 158 valence electrons. The number of amides is 1. The van der Waals surface area contributed by atoms with Crippen molar-refractivity contribution < 1.29 is 35.9 Å². The fraction of sp³-hybridized carbons (Fsp3) is 0.200. The van der Waals surface area contributed by atoms with Crippen molar-refractivity contribution in [3.05, 3.63) is 74.9 Å². The number of carbonyl (C=O) groups is 1. The number of hydrogen-bond donors (Lipinski definition) is 1. The molecule has 1 amide bonds. The maximum absolute atomic E-state index is 13.7. The molecule has 1 aromatic heterocycles. The highest BCUT2D eigenvalue weighted by Crippen LogP contribution is 2.29. The molecule has 1 atom stereocenters. The molecule has 0 bridgehead atoms. The summed E-state index contributed by atoms with van der Waals surface area (Å²) in [4.78, 5) is 23.9. The Bertz CT molecular complexity index is 1180. The van der Waals surface area contributed by atoms with E-state index in [9.17, 15) is 31.5 Å². The zero-order valence-corrected chi connectivity index (χ0v) is 15.6. The van der Waals surface area contributed by atoms with Crippen LogP contribution in [0, 0.1) is 36.0 Å².